The molecule has 7 rings (SSSR count). The maximum absolute atomic E-state index is 13.7. The Bertz CT molecular complexity index is 2110. The summed E-state index contributed by atoms with van der Waals surface area (Å²) in [5.74, 6) is 1.53. The minimum absolute atomic E-state index is 0.152. The molecule has 3 aliphatic rings. The Kier molecular flexibility index (Phi) is 9.65. The van der Waals surface area contributed by atoms with Gasteiger partial charge in [0.2, 0.25) is 0 Å². The molecule has 264 valence electrons. The van der Waals surface area contributed by atoms with Gasteiger partial charge in [-0.3, -0.25) is 24.6 Å². The first-order valence-electron chi connectivity index (χ1n) is 17.3. The van der Waals surface area contributed by atoms with Crippen LogP contribution < -0.4 is 37.2 Å². The van der Waals surface area contributed by atoms with Crippen molar-refractivity contribution in [2.75, 3.05) is 40.9 Å². The van der Waals surface area contributed by atoms with E-state index in [2.05, 4.69) is 52.2 Å². The molecule has 13 nitrogen and oxygen atoms in total. The Hall–Kier alpha value is -6.50. The maximum atomic E-state index is 13.7. The van der Waals surface area contributed by atoms with E-state index in [0.29, 0.717) is 17.1 Å². The number of amides is 4. The van der Waals surface area contributed by atoms with E-state index >= 15 is 0 Å². The lowest BCUT2D eigenvalue weighted by Crippen LogP contribution is -2.24. The van der Waals surface area contributed by atoms with Crippen molar-refractivity contribution in [1.29, 1.82) is 0 Å². The molecule has 0 aliphatic carbocycles. The highest BCUT2D eigenvalue weighted by atomic mass is 16.2. The van der Waals surface area contributed by atoms with Crippen LogP contribution in [0.5, 0.6) is 0 Å². The van der Waals surface area contributed by atoms with Gasteiger partial charge in [-0.2, -0.15) is 0 Å². The first kappa shape index (κ1) is 34.0. The molecule has 0 aromatic heterocycles. The zero-order valence-corrected chi connectivity index (χ0v) is 29.1. The van der Waals surface area contributed by atoms with E-state index in [1.807, 2.05) is 63.2 Å². The van der Waals surface area contributed by atoms with Crippen LogP contribution in [-0.2, 0) is 0 Å². The largest absolute Gasteiger partial charge is 0.368 e. The fourth-order valence-electron chi connectivity index (χ4n) is 6.04. The molecule has 0 saturated heterocycles. The molecule has 0 radical (unpaired) electrons. The van der Waals surface area contributed by atoms with Crippen molar-refractivity contribution in [3.05, 3.63) is 119 Å². The highest BCUT2D eigenvalue weighted by Gasteiger charge is 2.20. The molecular weight excluding hydrogens is 656 g/mol. The Morgan fingerprint density at radius 2 is 1.06 bits per heavy atom. The van der Waals surface area contributed by atoms with Crippen LogP contribution in [0, 0.1) is 0 Å². The molecule has 13 heteroatoms. The Morgan fingerprint density at radius 3 is 1.58 bits per heavy atom. The van der Waals surface area contributed by atoms with Crippen LogP contribution in [0.15, 0.2) is 106 Å². The average molecular weight is 697 g/mol. The lowest BCUT2D eigenvalue weighted by Gasteiger charge is -2.15. The monoisotopic (exact) mass is 696 g/mol. The number of rotatable bonds is 9. The van der Waals surface area contributed by atoms with Gasteiger partial charge in [0.05, 0.1) is 29.4 Å². The summed E-state index contributed by atoms with van der Waals surface area (Å²) in [6, 6.07) is 26.6. The lowest BCUT2D eigenvalue weighted by atomic mass is 10.1. The highest BCUT2D eigenvalue weighted by molar-refractivity contribution is 6.14. The second kappa shape index (κ2) is 14.8. The van der Waals surface area contributed by atoms with Gasteiger partial charge in [0.1, 0.15) is 17.5 Å². The van der Waals surface area contributed by atoms with Crippen LogP contribution in [-0.4, -0.2) is 73.1 Å². The molecule has 4 aromatic carbocycles. The summed E-state index contributed by atoms with van der Waals surface area (Å²) < 4.78 is 0. The summed E-state index contributed by atoms with van der Waals surface area (Å²) in [5.41, 5.74) is 4.93. The van der Waals surface area contributed by atoms with Gasteiger partial charge >= 0.3 is 6.03 Å². The van der Waals surface area contributed by atoms with Crippen molar-refractivity contribution in [2.45, 2.75) is 38.9 Å². The molecule has 3 aliphatic heterocycles. The summed E-state index contributed by atoms with van der Waals surface area (Å²) >= 11 is 0. The minimum atomic E-state index is -0.588. The van der Waals surface area contributed by atoms with Gasteiger partial charge in [-0.25, -0.2) is 4.79 Å². The van der Waals surface area contributed by atoms with Crippen LogP contribution in [0.4, 0.5) is 27.5 Å². The van der Waals surface area contributed by atoms with Crippen molar-refractivity contribution in [2.24, 2.45) is 15.0 Å². The maximum Gasteiger partial charge on any atom is 0.323 e. The van der Waals surface area contributed by atoms with E-state index in [4.69, 9.17) is 0 Å². The minimum Gasteiger partial charge on any atom is -0.368 e. The molecule has 7 N–H and O–H groups in total. The quantitative estimate of drug-likeness (QED) is 0.129. The van der Waals surface area contributed by atoms with Gasteiger partial charge in [-0.1, -0.05) is 12.1 Å². The predicted molar refractivity (Wildman–Crippen MR) is 206 cm³/mol. The number of benzene rings is 4. The molecule has 0 saturated carbocycles. The Balaban J connectivity index is 1.10. The van der Waals surface area contributed by atoms with Crippen molar-refractivity contribution < 1.29 is 14.4 Å². The van der Waals surface area contributed by atoms with Gasteiger partial charge < -0.3 is 37.2 Å². The number of nitrogens with one attached hydrogen (secondary N) is 7. The van der Waals surface area contributed by atoms with E-state index < -0.39 is 17.8 Å². The number of nitrogens with zero attached hydrogens (tertiary/aromatic N) is 3. The van der Waals surface area contributed by atoms with E-state index in [0.717, 1.165) is 53.8 Å². The van der Waals surface area contributed by atoms with E-state index in [-0.39, 0.29) is 34.9 Å². The number of hydrogen-bond acceptors (Lipinski definition) is 9. The summed E-state index contributed by atoms with van der Waals surface area (Å²) in [5, 5.41) is 21.3. The molecule has 0 fully saturated rings. The lowest BCUT2D eigenvalue weighted by molar-refractivity contribution is 0.101. The van der Waals surface area contributed by atoms with Gasteiger partial charge in [-0.05, 0) is 99.6 Å². The molecule has 0 spiro atoms. The van der Waals surface area contributed by atoms with E-state index in [1.54, 1.807) is 36.4 Å². The van der Waals surface area contributed by atoms with Crippen LogP contribution in [0.1, 0.15) is 58.2 Å². The van der Waals surface area contributed by atoms with E-state index in [9.17, 15) is 14.4 Å². The summed E-state index contributed by atoms with van der Waals surface area (Å²) in [4.78, 5) is 54.3. The molecule has 3 unspecified atom stereocenters. The number of aliphatic imine (C=N–C) groups is 3. The topological polar surface area (TPSA) is 172 Å². The fourth-order valence-corrected chi connectivity index (χ4v) is 6.04. The standard InChI is InChI=1S/C39H40N10O3/c1-22-19-40-34(43-22)25-7-12-29(13-8-25)46-37(50)28-11-16-32(38(51)47-30-14-9-26(10-15-30)35-41-20-23(2)44-35)33(18-28)49-39(52)48-31-6-4-5-27(17-31)36-42-21-24(3)45-36/h4-18,22-24H,19-21H2,1-3H3,(H,40,43)(H,41,44)(H,42,45)(H,46,50)(H,47,51)(H2,48,49,52). The zero-order valence-electron chi connectivity index (χ0n) is 29.1. The zero-order chi connectivity index (χ0) is 36.2. The van der Waals surface area contributed by atoms with Crippen LogP contribution >= 0.6 is 0 Å². The summed E-state index contributed by atoms with van der Waals surface area (Å²) in [6.45, 7) is 8.42. The van der Waals surface area contributed by atoms with Crippen molar-refractivity contribution in [1.82, 2.24) is 16.0 Å². The SMILES string of the molecule is CC1CNC(c2ccc(NC(=O)c3ccc(C(=O)Nc4ccc(C5=NC(C)CN5)cc4)c(NC(=O)Nc4cccc(C5=NC(C)CN5)c4)c3)cc2)=N1. The van der Waals surface area contributed by atoms with Crippen molar-refractivity contribution in [3.63, 3.8) is 0 Å². The number of amidine groups is 3. The Morgan fingerprint density at radius 1 is 0.538 bits per heavy atom. The molecule has 4 aromatic rings. The van der Waals surface area contributed by atoms with Crippen LogP contribution in [0.25, 0.3) is 0 Å². The van der Waals surface area contributed by atoms with Gasteiger partial charge in [0.25, 0.3) is 11.8 Å². The van der Waals surface area contributed by atoms with Gasteiger partial charge in [-0.15, -0.1) is 0 Å². The number of hydrogen-bond donors (Lipinski definition) is 7. The van der Waals surface area contributed by atoms with Crippen molar-refractivity contribution in [3.8, 4) is 0 Å². The van der Waals surface area contributed by atoms with Crippen molar-refractivity contribution >= 4 is 58.1 Å². The molecule has 52 heavy (non-hydrogen) atoms. The smallest absolute Gasteiger partial charge is 0.323 e. The first-order valence-corrected chi connectivity index (χ1v) is 17.3. The van der Waals surface area contributed by atoms with Gasteiger partial charge in [0.15, 0.2) is 0 Å². The number of carbonyl (C=O) groups excluding carboxylic acids is 3. The Labute approximate surface area is 301 Å². The third-order valence-electron chi connectivity index (χ3n) is 8.74. The summed E-state index contributed by atoms with van der Waals surface area (Å²) in [7, 11) is 0. The number of urea groups is 1. The fraction of sp³-hybridized carbons (Fsp3) is 0.231. The second-order valence-electron chi connectivity index (χ2n) is 13.1. The second-order valence-corrected chi connectivity index (χ2v) is 13.1. The van der Waals surface area contributed by atoms with E-state index in [1.165, 1.54) is 12.1 Å². The number of anilines is 4. The summed E-state index contributed by atoms with van der Waals surface area (Å²) in [6.07, 6.45) is 0. The third-order valence-corrected chi connectivity index (χ3v) is 8.74. The predicted octanol–water partition coefficient (Wildman–Crippen LogP) is 5.05. The highest BCUT2D eigenvalue weighted by Crippen LogP contribution is 2.23. The average Bonchev–Trinajstić information content (AvgIpc) is 3.90. The molecule has 0 bridgehead atoms. The molecular formula is C39H40N10O3. The molecule has 3 heterocycles. The molecule has 4 amide bonds. The normalized spacial score (nSPS) is 18.9. The van der Waals surface area contributed by atoms with Crippen LogP contribution in [0.3, 0.4) is 0 Å². The third kappa shape index (κ3) is 7.94. The van der Waals surface area contributed by atoms with Crippen LogP contribution in [0.2, 0.25) is 0 Å². The van der Waals surface area contributed by atoms with Gasteiger partial charge in [0, 0.05) is 59.0 Å². The first-order chi connectivity index (χ1) is 25.2. The number of carbonyl (C=O) groups is 3. The molecule has 3 atom stereocenters.